The molecule has 128 valence electrons. The van der Waals surface area contributed by atoms with Crippen LogP contribution in [0.15, 0.2) is 30.3 Å². The van der Waals surface area contributed by atoms with E-state index in [2.05, 4.69) is 25.0 Å². The molecule has 0 saturated heterocycles. The van der Waals surface area contributed by atoms with Gasteiger partial charge in [-0.2, -0.15) is 0 Å². The predicted molar refractivity (Wildman–Crippen MR) is 93.1 cm³/mol. The molecule has 0 radical (unpaired) electrons. The van der Waals surface area contributed by atoms with E-state index < -0.39 is 20.1 Å². The minimum absolute atomic E-state index is 0.116. The topological polar surface area (TPSA) is 75.6 Å². The molecule has 0 spiro atoms. The summed E-state index contributed by atoms with van der Waals surface area (Å²) in [5.74, 6) is -1.27. The van der Waals surface area contributed by atoms with Crippen LogP contribution >= 0.6 is 0 Å². The molecule has 0 heterocycles. The Labute approximate surface area is 139 Å². The molecule has 1 aromatic rings. The zero-order valence-corrected chi connectivity index (χ0v) is 15.2. The summed E-state index contributed by atoms with van der Waals surface area (Å²) in [6, 6.07) is 9.75. The molecule has 0 aliphatic rings. The lowest BCUT2D eigenvalue weighted by Gasteiger charge is -2.16. The first-order chi connectivity index (χ1) is 10.8. The van der Waals surface area contributed by atoms with Gasteiger partial charge in [0.15, 0.2) is 0 Å². The normalized spacial score (nSPS) is 12.7. The summed E-state index contributed by atoms with van der Waals surface area (Å²) in [4.78, 5) is 23.0. The van der Waals surface area contributed by atoms with Gasteiger partial charge in [-0.25, -0.2) is 0 Å². The fourth-order valence-electron chi connectivity index (χ4n) is 1.96. The molecule has 0 unspecified atom stereocenters. The van der Waals surface area contributed by atoms with E-state index in [-0.39, 0.29) is 18.8 Å². The number of carboxylic acid groups (broad SMARTS) is 1. The third-order valence-corrected chi connectivity index (χ3v) is 5.15. The molecule has 0 fully saturated rings. The van der Waals surface area contributed by atoms with Crippen molar-refractivity contribution in [3.8, 4) is 0 Å². The Morgan fingerprint density at radius 3 is 2.43 bits per heavy atom. The zero-order valence-electron chi connectivity index (χ0n) is 14.2. The van der Waals surface area contributed by atoms with Crippen LogP contribution in [0.4, 0.5) is 0 Å². The van der Waals surface area contributed by atoms with Gasteiger partial charge in [-0.05, 0) is 18.0 Å². The van der Waals surface area contributed by atoms with Crippen LogP contribution in [-0.2, 0) is 20.9 Å². The fourth-order valence-corrected chi connectivity index (χ4v) is 2.67. The predicted octanol–water partition coefficient (Wildman–Crippen LogP) is 2.89. The Bertz CT molecular complexity index is 499. The first-order valence-corrected chi connectivity index (χ1v) is 11.6. The summed E-state index contributed by atoms with van der Waals surface area (Å²) in [6.07, 6.45) is 0.346. The molecule has 5 nitrogen and oxygen atoms in total. The van der Waals surface area contributed by atoms with Crippen molar-refractivity contribution in [2.45, 2.75) is 51.1 Å². The molecule has 0 bridgehead atoms. The highest BCUT2D eigenvalue weighted by Gasteiger charge is 2.19. The molecule has 1 aromatic carbocycles. The van der Waals surface area contributed by atoms with Gasteiger partial charge in [0, 0.05) is 21.0 Å². The van der Waals surface area contributed by atoms with Crippen molar-refractivity contribution in [1.29, 1.82) is 0 Å². The number of ether oxygens (including phenoxy) is 1. The van der Waals surface area contributed by atoms with Crippen molar-refractivity contribution >= 4 is 20.0 Å². The molecule has 0 aromatic heterocycles. The number of hydrogen-bond acceptors (Lipinski definition) is 4. The SMILES string of the molecule is C[Si](C)(C)CCOC(=O)CC[C@H](NCc1ccccc1)C(=O)O. The molecule has 1 rings (SSSR count). The molecule has 0 aliphatic heterocycles. The van der Waals surface area contributed by atoms with Gasteiger partial charge in [0.1, 0.15) is 6.04 Å². The third kappa shape index (κ3) is 9.15. The maximum absolute atomic E-state index is 11.7. The van der Waals surface area contributed by atoms with Crippen molar-refractivity contribution in [2.75, 3.05) is 6.61 Å². The lowest BCUT2D eigenvalue weighted by atomic mass is 10.1. The largest absolute Gasteiger partial charge is 0.480 e. The van der Waals surface area contributed by atoms with Crippen LogP contribution in [0.25, 0.3) is 0 Å². The molecular weight excluding hydrogens is 310 g/mol. The minimum atomic E-state index is -1.22. The number of rotatable bonds is 10. The second-order valence-corrected chi connectivity index (χ2v) is 12.4. The average Bonchev–Trinajstić information content (AvgIpc) is 2.46. The van der Waals surface area contributed by atoms with Crippen molar-refractivity contribution in [3.05, 3.63) is 35.9 Å². The van der Waals surface area contributed by atoms with Gasteiger partial charge in [0.25, 0.3) is 0 Å². The molecule has 1 atom stereocenters. The van der Waals surface area contributed by atoms with E-state index in [1.807, 2.05) is 30.3 Å². The van der Waals surface area contributed by atoms with Crippen molar-refractivity contribution in [2.24, 2.45) is 0 Å². The standard InChI is InChI=1S/C17H27NO4Si/c1-23(2,3)12-11-22-16(19)10-9-15(17(20)21)18-13-14-7-5-4-6-8-14/h4-8,15,18H,9-13H2,1-3H3,(H,20,21)/t15-/m0/s1. The summed E-state index contributed by atoms with van der Waals surface area (Å²) >= 11 is 0. The van der Waals surface area contributed by atoms with Gasteiger partial charge in [-0.15, -0.1) is 0 Å². The van der Waals surface area contributed by atoms with Gasteiger partial charge >= 0.3 is 11.9 Å². The molecule has 23 heavy (non-hydrogen) atoms. The highest BCUT2D eigenvalue weighted by Crippen LogP contribution is 2.09. The molecule has 0 aliphatic carbocycles. The van der Waals surface area contributed by atoms with Gasteiger partial charge in [0.05, 0.1) is 6.61 Å². The van der Waals surface area contributed by atoms with Gasteiger partial charge in [-0.1, -0.05) is 50.0 Å². The monoisotopic (exact) mass is 337 g/mol. The van der Waals surface area contributed by atoms with E-state index in [0.29, 0.717) is 13.2 Å². The third-order valence-electron chi connectivity index (χ3n) is 3.45. The van der Waals surface area contributed by atoms with E-state index in [1.165, 1.54) is 0 Å². The number of nitrogens with one attached hydrogen (secondary N) is 1. The highest BCUT2D eigenvalue weighted by molar-refractivity contribution is 6.76. The van der Waals surface area contributed by atoms with E-state index >= 15 is 0 Å². The Kier molecular flexibility index (Phi) is 7.98. The van der Waals surface area contributed by atoms with Crippen molar-refractivity contribution in [1.82, 2.24) is 5.32 Å². The number of carboxylic acids is 1. The summed E-state index contributed by atoms with van der Waals surface area (Å²) in [5, 5.41) is 12.2. The number of carbonyl (C=O) groups excluding carboxylic acids is 1. The second kappa shape index (κ2) is 9.47. The summed E-state index contributed by atoms with van der Waals surface area (Å²) < 4.78 is 5.19. The maximum Gasteiger partial charge on any atom is 0.320 e. The first-order valence-electron chi connectivity index (χ1n) is 7.94. The van der Waals surface area contributed by atoms with E-state index in [0.717, 1.165) is 11.6 Å². The van der Waals surface area contributed by atoms with Crippen LogP contribution in [0, 0.1) is 0 Å². The summed E-state index contributed by atoms with van der Waals surface area (Å²) in [7, 11) is -1.22. The minimum Gasteiger partial charge on any atom is -0.480 e. The molecule has 6 heteroatoms. The molecule has 0 saturated carbocycles. The number of carbonyl (C=O) groups is 2. The van der Waals surface area contributed by atoms with Gasteiger partial charge in [-0.3, -0.25) is 9.59 Å². The maximum atomic E-state index is 11.7. The van der Waals surface area contributed by atoms with Crippen molar-refractivity contribution < 1.29 is 19.4 Å². The number of esters is 1. The fraction of sp³-hybridized carbons (Fsp3) is 0.529. The highest BCUT2D eigenvalue weighted by atomic mass is 28.3. The molecule has 0 amide bonds. The number of benzene rings is 1. The first kappa shape index (κ1) is 19.4. The average molecular weight is 337 g/mol. The number of aliphatic carboxylic acids is 1. The van der Waals surface area contributed by atoms with Crippen LogP contribution < -0.4 is 5.32 Å². The Hall–Kier alpha value is -1.66. The lowest BCUT2D eigenvalue weighted by Crippen LogP contribution is -2.36. The van der Waals surface area contributed by atoms with Crippen LogP contribution in [0.2, 0.25) is 25.7 Å². The van der Waals surface area contributed by atoms with Gasteiger partial charge in [0.2, 0.25) is 0 Å². The van der Waals surface area contributed by atoms with Crippen LogP contribution in [0.1, 0.15) is 18.4 Å². The zero-order chi connectivity index (χ0) is 17.3. The Morgan fingerprint density at radius 1 is 1.22 bits per heavy atom. The van der Waals surface area contributed by atoms with E-state index in [9.17, 15) is 14.7 Å². The number of hydrogen-bond donors (Lipinski definition) is 2. The Balaban J connectivity index is 2.32. The molecule has 2 N–H and O–H groups in total. The smallest absolute Gasteiger partial charge is 0.320 e. The lowest BCUT2D eigenvalue weighted by molar-refractivity contribution is -0.144. The van der Waals surface area contributed by atoms with Gasteiger partial charge < -0.3 is 15.2 Å². The van der Waals surface area contributed by atoms with Crippen LogP contribution in [-0.4, -0.2) is 37.8 Å². The van der Waals surface area contributed by atoms with Crippen molar-refractivity contribution in [3.63, 3.8) is 0 Å². The Morgan fingerprint density at radius 2 is 1.87 bits per heavy atom. The van der Waals surface area contributed by atoms with Crippen LogP contribution in [0.5, 0.6) is 0 Å². The van der Waals surface area contributed by atoms with E-state index in [4.69, 9.17) is 4.74 Å². The summed E-state index contributed by atoms with van der Waals surface area (Å²) in [5.41, 5.74) is 1.01. The summed E-state index contributed by atoms with van der Waals surface area (Å²) in [6.45, 7) is 7.55. The molecular formula is C17H27NO4Si. The quantitative estimate of drug-likeness (QED) is 0.507. The second-order valence-electron chi connectivity index (χ2n) is 6.83. The van der Waals surface area contributed by atoms with Crippen LogP contribution in [0.3, 0.4) is 0 Å². The van der Waals surface area contributed by atoms with E-state index in [1.54, 1.807) is 0 Å².